The summed E-state index contributed by atoms with van der Waals surface area (Å²) in [6.07, 6.45) is 9.75. The lowest BCUT2D eigenvalue weighted by molar-refractivity contribution is -0.143. The van der Waals surface area contributed by atoms with Crippen LogP contribution in [0.4, 0.5) is 0 Å². The molecule has 1 saturated carbocycles. The standard InChI is InChI=1S/C22H31NO3/c1-23-13-3-2-4-18(23)15-26-19-6-5-16-7-10-22(20(16)14-19)11-8-17(9-12-22)21(24)25/h5-6,14,17-18H,2-4,7-13,15H2,1H3,(H,24,25)/t17?,18-,22?/m0/s1. The van der Waals surface area contributed by atoms with Gasteiger partial charge in [-0.25, -0.2) is 0 Å². The van der Waals surface area contributed by atoms with Crippen LogP contribution in [0.15, 0.2) is 18.2 Å². The van der Waals surface area contributed by atoms with Crippen molar-refractivity contribution in [1.29, 1.82) is 0 Å². The Morgan fingerprint density at radius 2 is 2.04 bits per heavy atom. The summed E-state index contributed by atoms with van der Waals surface area (Å²) in [5.74, 6) is 0.224. The SMILES string of the molecule is CN1CCCC[C@H]1COc1ccc2c(c1)C1(CC2)CCC(C(=O)O)CC1. The van der Waals surface area contributed by atoms with E-state index in [2.05, 4.69) is 30.1 Å². The Hall–Kier alpha value is -1.55. The number of hydrogen-bond acceptors (Lipinski definition) is 3. The van der Waals surface area contributed by atoms with Crippen LogP contribution in [0.1, 0.15) is 62.5 Å². The monoisotopic (exact) mass is 357 g/mol. The molecule has 0 aromatic heterocycles. The van der Waals surface area contributed by atoms with E-state index < -0.39 is 5.97 Å². The van der Waals surface area contributed by atoms with E-state index >= 15 is 0 Å². The largest absolute Gasteiger partial charge is 0.492 e. The van der Waals surface area contributed by atoms with Crippen LogP contribution in [0.2, 0.25) is 0 Å². The first-order valence-corrected chi connectivity index (χ1v) is 10.3. The molecule has 3 aliphatic rings. The number of carboxylic acid groups (broad SMARTS) is 1. The van der Waals surface area contributed by atoms with Crippen LogP contribution in [0.5, 0.6) is 5.75 Å². The Morgan fingerprint density at radius 1 is 1.23 bits per heavy atom. The number of likely N-dealkylation sites (tertiary alicyclic amines) is 1. The minimum Gasteiger partial charge on any atom is -0.492 e. The van der Waals surface area contributed by atoms with Crippen LogP contribution < -0.4 is 4.74 Å². The van der Waals surface area contributed by atoms with Gasteiger partial charge in [0.25, 0.3) is 0 Å². The Morgan fingerprint density at radius 3 is 2.77 bits per heavy atom. The molecule has 1 N–H and O–H groups in total. The van der Waals surface area contributed by atoms with Crippen LogP contribution in [0.25, 0.3) is 0 Å². The van der Waals surface area contributed by atoms with Crippen molar-refractivity contribution in [1.82, 2.24) is 4.90 Å². The van der Waals surface area contributed by atoms with Crippen molar-refractivity contribution in [2.45, 2.75) is 69.2 Å². The number of carbonyl (C=O) groups is 1. The highest BCUT2D eigenvalue weighted by Gasteiger charge is 2.43. The summed E-state index contributed by atoms with van der Waals surface area (Å²) in [5.41, 5.74) is 3.08. The molecule has 2 aliphatic carbocycles. The zero-order chi connectivity index (χ0) is 18.1. The number of piperidine rings is 1. The highest BCUT2D eigenvalue weighted by atomic mass is 16.5. The average molecular weight is 357 g/mol. The highest BCUT2D eigenvalue weighted by Crippen LogP contribution is 2.50. The fourth-order valence-corrected chi connectivity index (χ4v) is 5.35. The molecule has 142 valence electrons. The summed E-state index contributed by atoms with van der Waals surface area (Å²) in [4.78, 5) is 13.7. The predicted octanol–water partition coefficient (Wildman–Crippen LogP) is 4.01. The number of carboxylic acids is 1. The molecule has 1 saturated heterocycles. The lowest BCUT2D eigenvalue weighted by Gasteiger charge is -2.37. The molecule has 1 heterocycles. The van der Waals surface area contributed by atoms with Gasteiger partial charge in [0.1, 0.15) is 12.4 Å². The zero-order valence-corrected chi connectivity index (χ0v) is 15.9. The van der Waals surface area contributed by atoms with Crippen LogP contribution >= 0.6 is 0 Å². The van der Waals surface area contributed by atoms with Crippen molar-refractivity contribution in [2.75, 3.05) is 20.2 Å². The number of nitrogens with zero attached hydrogens (tertiary/aromatic N) is 1. The van der Waals surface area contributed by atoms with Crippen molar-refractivity contribution in [3.05, 3.63) is 29.3 Å². The number of hydrogen-bond donors (Lipinski definition) is 1. The third kappa shape index (κ3) is 3.36. The molecule has 4 heteroatoms. The maximum Gasteiger partial charge on any atom is 0.306 e. The van der Waals surface area contributed by atoms with Gasteiger partial charge in [-0.15, -0.1) is 0 Å². The molecular formula is C22H31NO3. The van der Waals surface area contributed by atoms with Gasteiger partial charge in [0, 0.05) is 6.04 Å². The lowest BCUT2D eigenvalue weighted by atomic mass is 9.67. The molecule has 0 radical (unpaired) electrons. The first-order chi connectivity index (χ1) is 12.6. The van der Waals surface area contributed by atoms with Crippen LogP contribution in [-0.2, 0) is 16.6 Å². The van der Waals surface area contributed by atoms with Crippen molar-refractivity contribution < 1.29 is 14.6 Å². The number of ether oxygens (including phenoxy) is 1. The second-order valence-corrected chi connectivity index (χ2v) is 8.65. The molecule has 1 atom stereocenters. The van der Waals surface area contributed by atoms with Gasteiger partial charge in [-0.3, -0.25) is 4.79 Å². The molecule has 1 aliphatic heterocycles. The van der Waals surface area contributed by atoms with Gasteiger partial charge in [0.05, 0.1) is 5.92 Å². The van der Waals surface area contributed by atoms with E-state index in [4.69, 9.17) is 4.74 Å². The average Bonchev–Trinajstić information content (AvgIpc) is 2.99. The second kappa shape index (κ2) is 7.22. The normalized spacial score (nSPS) is 31.7. The first-order valence-electron chi connectivity index (χ1n) is 10.3. The van der Waals surface area contributed by atoms with Crippen LogP contribution in [0, 0.1) is 5.92 Å². The number of aliphatic carboxylic acids is 1. The quantitative estimate of drug-likeness (QED) is 0.885. The second-order valence-electron chi connectivity index (χ2n) is 8.65. The third-order valence-corrected chi connectivity index (χ3v) is 7.18. The fourth-order valence-electron chi connectivity index (χ4n) is 5.35. The minimum absolute atomic E-state index is 0.147. The molecule has 0 bridgehead atoms. The Kier molecular flexibility index (Phi) is 4.96. The third-order valence-electron chi connectivity index (χ3n) is 7.18. The molecule has 0 unspecified atom stereocenters. The summed E-state index contributed by atoms with van der Waals surface area (Å²) in [6.45, 7) is 1.94. The lowest BCUT2D eigenvalue weighted by Crippen LogP contribution is -2.40. The molecule has 1 aromatic carbocycles. The number of benzene rings is 1. The van der Waals surface area contributed by atoms with E-state index in [1.54, 1.807) is 0 Å². The Balaban J connectivity index is 1.45. The number of rotatable bonds is 4. The number of fused-ring (bicyclic) bond motifs is 2. The Labute approximate surface area is 156 Å². The van der Waals surface area contributed by atoms with E-state index in [0.717, 1.165) is 44.5 Å². The number of likely N-dealkylation sites (N-methyl/N-ethyl adjacent to an activating group) is 1. The van der Waals surface area contributed by atoms with Gasteiger partial charge in [0.2, 0.25) is 0 Å². The van der Waals surface area contributed by atoms with Gasteiger partial charge in [-0.1, -0.05) is 12.5 Å². The maximum atomic E-state index is 11.3. The highest BCUT2D eigenvalue weighted by molar-refractivity contribution is 5.70. The molecule has 2 fully saturated rings. The predicted molar refractivity (Wildman–Crippen MR) is 102 cm³/mol. The van der Waals surface area contributed by atoms with E-state index in [-0.39, 0.29) is 11.3 Å². The van der Waals surface area contributed by atoms with Gasteiger partial charge in [0.15, 0.2) is 0 Å². The number of aryl methyl sites for hydroxylation is 1. The summed E-state index contributed by atoms with van der Waals surface area (Å²) in [5, 5.41) is 9.30. The fraction of sp³-hybridized carbons (Fsp3) is 0.682. The zero-order valence-electron chi connectivity index (χ0n) is 15.9. The van der Waals surface area contributed by atoms with Gasteiger partial charge < -0.3 is 14.7 Å². The topological polar surface area (TPSA) is 49.8 Å². The first kappa shape index (κ1) is 17.8. The van der Waals surface area contributed by atoms with Crippen molar-refractivity contribution >= 4 is 5.97 Å². The van der Waals surface area contributed by atoms with Crippen LogP contribution in [-0.4, -0.2) is 42.2 Å². The summed E-state index contributed by atoms with van der Waals surface area (Å²) < 4.78 is 6.20. The van der Waals surface area contributed by atoms with E-state index in [1.165, 1.54) is 43.4 Å². The van der Waals surface area contributed by atoms with E-state index in [0.29, 0.717) is 6.04 Å². The van der Waals surface area contributed by atoms with Crippen molar-refractivity contribution in [3.63, 3.8) is 0 Å². The van der Waals surface area contributed by atoms with E-state index in [9.17, 15) is 9.90 Å². The van der Waals surface area contributed by atoms with Crippen LogP contribution in [0.3, 0.4) is 0 Å². The Bertz CT molecular complexity index is 663. The summed E-state index contributed by atoms with van der Waals surface area (Å²) in [7, 11) is 2.20. The molecule has 26 heavy (non-hydrogen) atoms. The molecule has 0 amide bonds. The van der Waals surface area contributed by atoms with Gasteiger partial charge in [-0.05, 0) is 93.6 Å². The smallest absolute Gasteiger partial charge is 0.306 e. The summed E-state index contributed by atoms with van der Waals surface area (Å²) in [6, 6.07) is 7.17. The maximum absolute atomic E-state index is 11.3. The summed E-state index contributed by atoms with van der Waals surface area (Å²) >= 11 is 0. The van der Waals surface area contributed by atoms with Crippen molar-refractivity contribution in [3.8, 4) is 5.75 Å². The molecular weight excluding hydrogens is 326 g/mol. The minimum atomic E-state index is -0.619. The molecule has 1 spiro atoms. The van der Waals surface area contributed by atoms with Gasteiger partial charge in [-0.2, -0.15) is 0 Å². The van der Waals surface area contributed by atoms with E-state index in [1.807, 2.05) is 0 Å². The van der Waals surface area contributed by atoms with Crippen molar-refractivity contribution in [2.24, 2.45) is 5.92 Å². The molecule has 1 aromatic rings. The van der Waals surface area contributed by atoms with Gasteiger partial charge >= 0.3 is 5.97 Å². The molecule has 4 nitrogen and oxygen atoms in total. The molecule has 4 rings (SSSR count).